The van der Waals surface area contributed by atoms with Gasteiger partial charge >= 0.3 is 0 Å². The van der Waals surface area contributed by atoms with Gasteiger partial charge in [-0.3, -0.25) is 0 Å². The van der Waals surface area contributed by atoms with Crippen LogP contribution < -0.4 is 5.32 Å². The molecule has 0 aromatic heterocycles. The van der Waals surface area contributed by atoms with Gasteiger partial charge < -0.3 is 10.4 Å². The molecular weight excluding hydrogens is 217 g/mol. The summed E-state index contributed by atoms with van der Waals surface area (Å²) in [5, 5.41) is 12.9. The Morgan fingerprint density at radius 3 is 2.80 bits per heavy atom. The number of phenolic OH excluding ortho intramolecular Hbond substituents is 1. The molecule has 1 aromatic carbocycles. The van der Waals surface area contributed by atoms with Gasteiger partial charge in [-0.1, -0.05) is 6.42 Å². The first-order valence-electron chi connectivity index (χ1n) is 4.99. The fraction of sp³-hybridized carbons (Fsp3) is 0.455. The van der Waals surface area contributed by atoms with Gasteiger partial charge in [0.2, 0.25) is 0 Å². The van der Waals surface area contributed by atoms with Gasteiger partial charge in [0.05, 0.1) is 0 Å². The van der Waals surface area contributed by atoms with Crippen molar-refractivity contribution < 1.29 is 9.50 Å². The fourth-order valence-electron chi connectivity index (χ4n) is 1.92. The van der Waals surface area contributed by atoms with Crippen LogP contribution in [0.3, 0.4) is 0 Å². The second kappa shape index (κ2) is 5.33. The Hall–Kier alpha value is -0.800. The maximum absolute atomic E-state index is 13.0. The normalized spacial score (nSPS) is 20.7. The zero-order valence-corrected chi connectivity index (χ0v) is 9.19. The number of halogens is 2. The van der Waals surface area contributed by atoms with E-state index in [9.17, 15) is 9.50 Å². The molecule has 1 saturated heterocycles. The maximum atomic E-state index is 13.0. The number of nitrogens with one attached hydrogen (secondary N) is 1. The average Bonchev–Trinajstić information content (AvgIpc) is 2.23. The van der Waals surface area contributed by atoms with Crippen molar-refractivity contribution in [2.75, 3.05) is 6.54 Å². The Bertz CT molecular complexity index is 326. The molecule has 0 bridgehead atoms. The number of piperidine rings is 1. The van der Waals surface area contributed by atoms with E-state index in [0.29, 0.717) is 5.56 Å². The van der Waals surface area contributed by atoms with Crippen molar-refractivity contribution in [2.45, 2.75) is 25.3 Å². The molecule has 2 rings (SSSR count). The monoisotopic (exact) mass is 231 g/mol. The summed E-state index contributed by atoms with van der Waals surface area (Å²) in [4.78, 5) is 0. The molecule has 0 radical (unpaired) electrons. The third-order valence-corrected chi connectivity index (χ3v) is 2.68. The van der Waals surface area contributed by atoms with Crippen molar-refractivity contribution in [1.82, 2.24) is 5.32 Å². The first-order valence-corrected chi connectivity index (χ1v) is 4.99. The summed E-state index contributed by atoms with van der Waals surface area (Å²) >= 11 is 0. The van der Waals surface area contributed by atoms with Gasteiger partial charge in [-0.25, -0.2) is 4.39 Å². The van der Waals surface area contributed by atoms with E-state index in [4.69, 9.17) is 0 Å². The van der Waals surface area contributed by atoms with Gasteiger partial charge in [-0.2, -0.15) is 0 Å². The van der Waals surface area contributed by atoms with Crippen molar-refractivity contribution >= 4 is 12.4 Å². The van der Waals surface area contributed by atoms with E-state index in [-0.39, 0.29) is 30.0 Å². The van der Waals surface area contributed by atoms with Crippen LogP contribution in [0.25, 0.3) is 0 Å². The molecule has 1 atom stereocenters. The summed E-state index contributed by atoms with van der Waals surface area (Å²) in [6, 6.07) is 4.22. The van der Waals surface area contributed by atoms with Crippen LogP contribution in [0.5, 0.6) is 5.75 Å². The third-order valence-electron chi connectivity index (χ3n) is 2.68. The lowest BCUT2D eigenvalue weighted by molar-refractivity contribution is 0.389. The minimum Gasteiger partial charge on any atom is -0.508 e. The van der Waals surface area contributed by atoms with E-state index >= 15 is 0 Å². The molecule has 2 nitrogen and oxygen atoms in total. The third kappa shape index (κ3) is 2.83. The van der Waals surface area contributed by atoms with Crippen LogP contribution in [-0.4, -0.2) is 11.7 Å². The summed E-state index contributed by atoms with van der Waals surface area (Å²) in [7, 11) is 0. The van der Waals surface area contributed by atoms with Crippen molar-refractivity contribution in [2.24, 2.45) is 0 Å². The highest BCUT2D eigenvalue weighted by atomic mass is 35.5. The van der Waals surface area contributed by atoms with Gasteiger partial charge in [-0.15, -0.1) is 12.4 Å². The Labute approximate surface area is 94.9 Å². The highest BCUT2D eigenvalue weighted by molar-refractivity contribution is 5.85. The smallest absolute Gasteiger partial charge is 0.123 e. The quantitative estimate of drug-likeness (QED) is 0.779. The van der Waals surface area contributed by atoms with Gasteiger partial charge in [0, 0.05) is 11.6 Å². The van der Waals surface area contributed by atoms with Crippen molar-refractivity contribution in [3.05, 3.63) is 29.6 Å². The minimum absolute atomic E-state index is 0. The molecule has 1 fully saturated rings. The Morgan fingerprint density at radius 1 is 1.33 bits per heavy atom. The van der Waals surface area contributed by atoms with Crippen LogP contribution in [0.4, 0.5) is 4.39 Å². The van der Waals surface area contributed by atoms with Crippen molar-refractivity contribution in [1.29, 1.82) is 0 Å². The second-order valence-corrected chi connectivity index (χ2v) is 3.71. The van der Waals surface area contributed by atoms with E-state index < -0.39 is 0 Å². The lowest BCUT2D eigenvalue weighted by Crippen LogP contribution is -2.26. The zero-order valence-electron chi connectivity index (χ0n) is 8.37. The minimum atomic E-state index is -0.287. The molecule has 0 spiro atoms. The first kappa shape index (κ1) is 12.3. The lowest BCUT2D eigenvalue weighted by atomic mass is 9.97. The average molecular weight is 232 g/mol. The highest BCUT2D eigenvalue weighted by Gasteiger charge is 2.18. The first-order chi connectivity index (χ1) is 6.77. The standard InChI is InChI=1S/C11H14FNO.ClH/c12-8-4-5-11(14)9(7-8)10-3-1-2-6-13-10;/h4-5,7,10,13-14H,1-3,6H2;1H/t10-;/m1./s1. The van der Waals surface area contributed by atoms with Gasteiger partial charge in [-0.05, 0) is 37.6 Å². The molecule has 2 N–H and O–H groups in total. The summed E-state index contributed by atoms with van der Waals surface area (Å²) < 4.78 is 13.0. The number of hydrogen-bond donors (Lipinski definition) is 2. The molecule has 84 valence electrons. The van der Waals surface area contributed by atoms with Gasteiger partial charge in [0.15, 0.2) is 0 Å². The van der Waals surface area contributed by atoms with Crippen LogP contribution >= 0.6 is 12.4 Å². The number of benzene rings is 1. The van der Waals surface area contributed by atoms with E-state index in [1.54, 1.807) is 0 Å². The lowest BCUT2D eigenvalue weighted by Gasteiger charge is -2.24. The molecule has 1 aromatic rings. The second-order valence-electron chi connectivity index (χ2n) is 3.71. The van der Waals surface area contributed by atoms with E-state index in [1.165, 1.54) is 18.2 Å². The highest BCUT2D eigenvalue weighted by Crippen LogP contribution is 2.30. The number of rotatable bonds is 1. The van der Waals surface area contributed by atoms with E-state index in [2.05, 4.69) is 5.32 Å². The largest absolute Gasteiger partial charge is 0.508 e. The topological polar surface area (TPSA) is 32.3 Å². The Balaban J connectivity index is 0.00000112. The van der Waals surface area contributed by atoms with Crippen LogP contribution in [0.2, 0.25) is 0 Å². The fourth-order valence-corrected chi connectivity index (χ4v) is 1.92. The summed E-state index contributed by atoms with van der Waals surface area (Å²) in [6.45, 7) is 0.945. The number of phenols is 1. The molecule has 15 heavy (non-hydrogen) atoms. The summed E-state index contributed by atoms with van der Waals surface area (Å²) in [5.41, 5.74) is 0.685. The van der Waals surface area contributed by atoms with Crippen LogP contribution in [0, 0.1) is 5.82 Å². The molecule has 0 amide bonds. The summed E-state index contributed by atoms with van der Waals surface area (Å²) in [6.07, 6.45) is 3.26. The maximum Gasteiger partial charge on any atom is 0.123 e. The van der Waals surface area contributed by atoms with Gasteiger partial charge in [0.25, 0.3) is 0 Å². The molecule has 1 heterocycles. The zero-order chi connectivity index (χ0) is 9.97. The summed E-state index contributed by atoms with van der Waals surface area (Å²) in [5.74, 6) is -0.101. The molecular formula is C11H15ClFNO. The van der Waals surface area contributed by atoms with Gasteiger partial charge in [0.1, 0.15) is 11.6 Å². The predicted octanol–water partition coefficient (Wildman–Crippen LogP) is 2.77. The van der Waals surface area contributed by atoms with Crippen LogP contribution in [0.1, 0.15) is 30.9 Å². The number of hydrogen-bond acceptors (Lipinski definition) is 2. The molecule has 0 saturated carbocycles. The number of aromatic hydroxyl groups is 1. The van der Waals surface area contributed by atoms with Crippen molar-refractivity contribution in [3.63, 3.8) is 0 Å². The van der Waals surface area contributed by atoms with Crippen LogP contribution in [0.15, 0.2) is 18.2 Å². The van der Waals surface area contributed by atoms with Crippen molar-refractivity contribution in [3.8, 4) is 5.75 Å². The Morgan fingerprint density at radius 2 is 2.13 bits per heavy atom. The molecule has 4 heteroatoms. The van der Waals surface area contributed by atoms with Crippen LogP contribution in [-0.2, 0) is 0 Å². The molecule has 1 aliphatic rings. The SMILES string of the molecule is Cl.Oc1ccc(F)cc1[C@H]1CCCCN1. The van der Waals surface area contributed by atoms with E-state index in [1.807, 2.05) is 0 Å². The molecule has 0 unspecified atom stereocenters. The van der Waals surface area contributed by atoms with E-state index in [0.717, 1.165) is 25.8 Å². The molecule has 0 aliphatic carbocycles. The predicted molar refractivity (Wildman–Crippen MR) is 59.9 cm³/mol. The Kier molecular flexibility index (Phi) is 4.36. The molecule has 1 aliphatic heterocycles.